The number of nitrogens with zero attached hydrogens (tertiary/aromatic N) is 1. The Kier molecular flexibility index (Phi) is 5.77. The van der Waals surface area contributed by atoms with E-state index in [4.69, 9.17) is 17.3 Å². The van der Waals surface area contributed by atoms with E-state index in [1.165, 1.54) is 0 Å². The Labute approximate surface area is 140 Å². The van der Waals surface area contributed by atoms with Crippen molar-refractivity contribution in [3.05, 3.63) is 70.7 Å². The molecule has 0 heterocycles. The predicted molar refractivity (Wildman–Crippen MR) is 91.3 cm³/mol. The van der Waals surface area contributed by atoms with Gasteiger partial charge in [0.25, 0.3) is 5.91 Å². The molecule has 0 bridgehead atoms. The second-order valence-electron chi connectivity index (χ2n) is 5.44. The minimum absolute atomic E-state index is 0.109. The number of carbonyl (C=O) groups is 2. The van der Waals surface area contributed by atoms with Crippen LogP contribution in [0.1, 0.15) is 22.3 Å². The number of benzene rings is 2. The Morgan fingerprint density at radius 3 is 2.26 bits per heavy atom. The van der Waals surface area contributed by atoms with Crippen LogP contribution in [-0.4, -0.2) is 29.8 Å². The van der Waals surface area contributed by atoms with E-state index >= 15 is 0 Å². The van der Waals surface area contributed by atoms with Crippen LogP contribution in [0.3, 0.4) is 0 Å². The number of likely N-dealkylation sites (N-methyl/N-ethyl adjacent to an activating group) is 1. The van der Waals surface area contributed by atoms with Gasteiger partial charge in [-0.15, -0.1) is 0 Å². The van der Waals surface area contributed by atoms with Crippen molar-refractivity contribution in [1.82, 2.24) is 4.90 Å². The zero-order valence-corrected chi connectivity index (χ0v) is 13.7. The van der Waals surface area contributed by atoms with Gasteiger partial charge in [-0.1, -0.05) is 41.9 Å². The molecule has 0 saturated heterocycles. The summed E-state index contributed by atoms with van der Waals surface area (Å²) < 4.78 is 0. The van der Waals surface area contributed by atoms with Crippen LogP contribution in [0.5, 0.6) is 0 Å². The number of carbonyl (C=O) groups excluding carboxylic acids is 2. The summed E-state index contributed by atoms with van der Waals surface area (Å²) >= 11 is 5.89. The van der Waals surface area contributed by atoms with Crippen LogP contribution in [-0.2, 0) is 11.2 Å². The van der Waals surface area contributed by atoms with Crippen molar-refractivity contribution in [2.24, 2.45) is 5.73 Å². The summed E-state index contributed by atoms with van der Waals surface area (Å²) in [7, 11) is 1.69. The third kappa shape index (κ3) is 4.83. The molecule has 0 aliphatic rings. The molecular weight excluding hydrogens is 312 g/mol. The minimum atomic E-state index is -0.434. The molecule has 120 valence electrons. The molecule has 0 saturated carbocycles. The first-order valence-electron chi connectivity index (χ1n) is 7.32. The van der Waals surface area contributed by atoms with Crippen LogP contribution in [0.4, 0.5) is 0 Å². The second kappa shape index (κ2) is 7.79. The number of amides is 2. The molecule has 0 aliphatic carbocycles. The van der Waals surface area contributed by atoms with Crippen LogP contribution < -0.4 is 5.73 Å². The maximum absolute atomic E-state index is 12.6. The molecule has 1 atom stereocenters. The van der Waals surface area contributed by atoms with Gasteiger partial charge >= 0.3 is 0 Å². The highest BCUT2D eigenvalue weighted by Gasteiger charge is 2.23. The summed E-state index contributed by atoms with van der Waals surface area (Å²) in [6.07, 6.45) is 0.646. The maximum atomic E-state index is 12.6. The van der Waals surface area contributed by atoms with Crippen LogP contribution in [0, 0.1) is 0 Å². The van der Waals surface area contributed by atoms with Crippen LogP contribution in [0.15, 0.2) is 54.6 Å². The SMILES string of the molecule is CN(C(=O)c1ccccc1)[C@H](CC(N)=O)Cc1ccc(Cl)cc1. The van der Waals surface area contributed by atoms with E-state index in [1.54, 1.807) is 36.2 Å². The van der Waals surface area contributed by atoms with Crippen molar-refractivity contribution in [1.29, 1.82) is 0 Å². The van der Waals surface area contributed by atoms with Crippen molar-refractivity contribution in [3.63, 3.8) is 0 Å². The molecular formula is C18H19ClN2O2. The Morgan fingerprint density at radius 1 is 1.09 bits per heavy atom. The van der Waals surface area contributed by atoms with E-state index in [0.717, 1.165) is 5.56 Å². The van der Waals surface area contributed by atoms with Gasteiger partial charge in [-0.3, -0.25) is 9.59 Å². The van der Waals surface area contributed by atoms with Crippen LogP contribution in [0.2, 0.25) is 5.02 Å². The third-order valence-corrected chi connectivity index (χ3v) is 3.96. The van der Waals surface area contributed by atoms with Gasteiger partial charge in [0, 0.05) is 30.1 Å². The highest BCUT2D eigenvalue weighted by molar-refractivity contribution is 6.30. The molecule has 0 aromatic heterocycles. The van der Waals surface area contributed by atoms with Crippen molar-refractivity contribution in [2.75, 3.05) is 7.05 Å². The first kappa shape index (κ1) is 17.0. The Balaban J connectivity index is 2.18. The summed E-state index contributed by atoms with van der Waals surface area (Å²) in [5, 5.41) is 0.647. The zero-order valence-electron chi connectivity index (χ0n) is 12.9. The summed E-state index contributed by atoms with van der Waals surface area (Å²) in [6.45, 7) is 0. The quantitative estimate of drug-likeness (QED) is 0.885. The third-order valence-electron chi connectivity index (χ3n) is 3.71. The smallest absolute Gasteiger partial charge is 0.253 e. The highest BCUT2D eigenvalue weighted by Crippen LogP contribution is 2.16. The molecule has 0 unspecified atom stereocenters. The average molecular weight is 331 g/mol. The van der Waals surface area contributed by atoms with E-state index in [2.05, 4.69) is 0 Å². The standard InChI is InChI=1S/C18H19ClN2O2/c1-21(18(23)14-5-3-2-4-6-14)16(12-17(20)22)11-13-7-9-15(19)10-8-13/h2-10,16H,11-12H2,1H3,(H2,20,22)/t16-/m0/s1. The lowest BCUT2D eigenvalue weighted by atomic mass is 10.0. The summed E-state index contributed by atoms with van der Waals surface area (Å²) in [6, 6.07) is 16.0. The van der Waals surface area contributed by atoms with Crippen molar-refractivity contribution < 1.29 is 9.59 Å². The number of rotatable bonds is 6. The van der Waals surface area contributed by atoms with Gasteiger partial charge in [-0.05, 0) is 36.2 Å². The van der Waals surface area contributed by atoms with E-state index in [9.17, 15) is 9.59 Å². The van der Waals surface area contributed by atoms with Gasteiger partial charge in [0.05, 0.1) is 0 Å². The number of halogens is 1. The van der Waals surface area contributed by atoms with E-state index in [1.807, 2.05) is 30.3 Å². The normalized spacial score (nSPS) is 11.7. The Morgan fingerprint density at radius 2 is 1.70 bits per heavy atom. The predicted octanol–water partition coefficient (Wildman–Crippen LogP) is 2.90. The number of nitrogens with two attached hydrogens (primary N) is 1. The number of primary amides is 1. The van der Waals surface area contributed by atoms with Gasteiger partial charge in [-0.25, -0.2) is 0 Å². The summed E-state index contributed by atoms with van der Waals surface area (Å²) in [4.78, 5) is 25.5. The summed E-state index contributed by atoms with van der Waals surface area (Å²) in [5.74, 6) is -0.567. The molecule has 4 nitrogen and oxygen atoms in total. The topological polar surface area (TPSA) is 63.4 Å². The lowest BCUT2D eigenvalue weighted by Crippen LogP contribution is -2.41. The fourth-order valence-corrected chi connectivity index (χ4v) is 2.55. The molecule has 0 radical (unpaired) electrons. The monoisotopic (exact) mass is 330 g/mol. The zero-order chi connectivity index (χ0) is 16.8. The van der Waals surface area contributed by atoms with E-state index in [-0.39, 0.29) is 18.4 Å². The average Bonchev–Trinajstić information content (AvgIpc) is 2.55. The van der Waals surface area contributed by atoms with Gasteiger partial charge < -0.3 is 10.6 Å². The van der Waals surface area contributed by atoms with Crippen molar-refractivity contribution in [2.45, 2.75) is 18.9 Å². The lowest BCUT2D eigenvalue weighted by Gasteiger charge is -2.27. The van der Waals surface area contributed by atoms with Crippen LogP contribution in [0.25, 0.3) is 0 Å². The van der Waals surface area contributed by atoms with Crippen LogP contribution >= 0.6 is 11.6 Å². The first-order valence-corrected chi connectivity index (χ1v) is 7.70. The van der Waals surface area contributed by atoms with Gasteiger partial charge in [0.1, 0.15) is 0 Å². The van der Waals surface area contributed by atoms with Gasteiger partial charge in [0.2, 0.25) is 5.91 Å². The lowest BCUT2D eigenvalue weighted by molar-refractivity contribution is -0.118. The molecule has 2 aromatic rings. The number of hydrogen-bond donors (Lipinski definition) is 1. The number of hydrogen-bond acceptors (Lipinski definition) is 2. The van der Waals surface area contributed by atoms with E-state index < -0.39 is 5.91 Å². The minimum Gasteiger partial charge on any atom is -0.370 e. The van der Waals surface area contributed by atoms with Gasteiger partial charge in [-0.2, -0.15) is 0 Å². The highest BCUT2D eigenvalue weighted by atomic mass is 35.5. The molecule has 23 heavy (non-hydrogen) atoms. The molecule has 2 aromatic carbocycles. The molecule has 2 N–H and O–H groups in total. The fraction of sp³-hybridized carbons (Fsp3) is 0.222. The molecule has 0 fully saturated rings. The van der Waals surface area contributed by atoms with Gasteiger partial charge in [0.15, 0.2) is 0 Å². The Hall–Kier alpha value is -2.33. The second-order valence-corrected chi connectivity index (χ2v) is 5.87. The molecule has 5 heteroatoms. The van der Waals surface area contributed by atoms with Crippen molar-refractivity contribution >= 4 is 23.4 Å². The molecule has 2 rings (SSSR count). The Bertz CT molecular complexity index is 671. The molecule has 2 amide bonds. The largest absolute Gasteiger partial charge is 0.370 e. The first-order chi connectivity index (χ1) is 11.0. The maximum Gasteiger partial charge on any atom is 0.253 e. The molecule has 0 spiro atoms. The molecule has 0 aliphatic heterocycles. The van der Waals surface area contributed by atoms with E-state index in [0.29, 0.717) is 17.0 Å². The summed E-state index contributed by atoms with van der Waals surface area (Å²) in [5.41, 5.74) is 6.93. The fourth-order valence-electron chi connectivity index (χ4n) is 2.42. The van der Waals surface area contributed by atoms with Crippen molar-refractivity contribution in [3.8, 4) is 0 Å².